The van der Waals surface area contributed by atoms with E-state index in [4.69, 9.17) is 28.2 Å². The third-order valence-corrected chi connectivity index (χ3v) is 5.57. The molecule has 22 heavy (non-hydrogen) atoms. The molecule has 0 amide bonds. The minimum Gasteiger partial charge on any atom is -0.288 e. The van der Waals surface area contributed by atoms with Crippen LogP contribution in [0.2, 0.25) is 10.0 Å². The molecule has 0 saturated heterocycles. The van der Waals surface area contributed by atoms with Gasteiger partial charge in [0.1, 0.15) is 0 Å². The van der Waals surface area contributed by atoms with Crippen LogP contribution in [0.1, 0.15) is 36.1 Å². The lowest BCUT2D eigenvalue weighted by Gasteiger charge is -2.23. The molecule has 1 aliphatic rings. The second-order valence-electron chi connectivity index (χ2n) is 6.08. The number of hydrogen-bond acceptors (Lipinski definition) is 1. The van der Waals surface area contributed by atoms with E-state index in [1.807, 2.05) is 18.3 Å². The number of benzene rings is 2. The summed E-state index contributed by atoms with van der Waals surface area (Å²) in [5.41, 5.74) is 3.45. The molecular weight excluding hydrogens is 381 g/mol. The zero-order valence-corrected chi connectivity index (χ0v) is 15.5. The Morgan fingerprint density at radius 3 is 2.45 bits per heavy atom. The predicted molar refractivity (Wildman–Crippen MR) is 98.5 cm³/mol. The molecule has 2 aromatic rings. The van der Waals surface area contributed by atoms with Crippen LogP contribution in [0.15, 0.2) is 45.9 Å². The highest BCUT2D eigenvalue weighted by atomic mass is 79.9. The van der Waals surface area contributed by atoms with Crippen LogP contribution in [-0.4, -0.2) is 6.21 Å². The van der Waals surface area contributed by atoms with Crippen molar-refractivity contribution in [3.63, 3.8) is 0 Å². The summed E-state index contributed by atoms with van der Waals surface area (Å²) in [6, 6.07) is 12.3. The Kier molecular flexibility index (Phi) is 4.37. The summed E-state index contributed by atoms with van der Waals surface area (Å²) in [6.45, 7) is 4.28. The summed E-state index contributed by atoms with van der Waals surface area (Å²) >= 11 is 15.8. The molecular formula is C18H16BrCl2N. The Morgan fingerprint density at radius 2 is 1.82 bits per heavy atom. The fourth-order valence-electron chi connectivity index (χ4n) is 2.92. The van der Waals surface area contributed by atoms with Gasteiger partial charge >= 0.3 is 0 Å². The van der Waals surface area contributed by atoms with E-state index in [-0.39, 0.29) is 11.5 Å². The third kappa shape index (κ3) is 3.10. The van der Waals surface area contributed by atoms with Crippen molar-refractivity contribution >= 4 is 45.3 Å². The first-order valence-corrected chi connectivity index (χ1v) is 8.69. The minimum absolute atomic E-state index is 0.139. The van der Waals surface area contributed by atoms with Crippen LogP contribution < -0.4 is 0 Å². The smallest absolute Gasteiger partial charge is 0.0757 e. The summed E-state index contributed by atoms with van der Waals surface area (Å²) in [6.07, 6.45) is 2.96. The van der Waals surface area contributed by atoms with Crippen molar-refractivity contribution in [2.45, 2.75) is 31.7 Å². The van der Waals surface area contributed by atoms with E-state index in [0.717, 1.165) is 16.5 Å². The average molecular weight is 397 g/mol. The summed E-state index contributed by atoms with van der Waals surface area (Å²) in [5.74, 6) is 0. The fourth-order valence-corrected chi connectivity index (χ4v) is 3.69. The zero-order valence-electron chi connectivity index (χ0n) is 12.4. The molecule has 0 aliphatic carbocycles. The molecule has 0 radical (unpaired) electrons. The highest BCUT2D eigenvalue weighted by Crippen LogP contribution is 2.41. The highest BCUT2D eigenvalue weighted by molar-refractivity contribution is 9.10. The number of hydrogen-bond donors (Lipinski definition) is 0. The molecule has 2 unspecified atom stereocenters. The summed E-state index contributed by atoms with van der Waals surface area (Å²) in [7, 11) is 0. The molecule has 1 aliphatic heterocycles. The number of halogens is 3. The SMILES string of the molecule is Cc1cc(C2CC(C)(c3cc(Cl)cc(Cl)c3)C=N2)ccc1Br. The molecule has 0 saturated carbocycles. The molecule has 2 aromatic carbocycles. The van der Waals surface area contributed by atoms with Crippen molar-refractivity contribution in [1.29, 1.82) is 0 Å². The topological polar surface area (TPSA) is 12.4 Å². The maximum Gasteiger partial charge on any atom is 0.0757 e. The minimum atomic E-state index is -0.139. The molecule has 0 fully saturated rings. The Labute approximate surface area is 149 Å². The molecule has 3 rings (SSSR count). The van der Waals surface area contributed by atoms with Crippen LogP contribution in [0.5, 0.6) is 0 Å². The number of rotatable bonds is 2. The van der Waals surface area contributed by atoms with Crippen LogP contribution in [0.3, 0.4) is 0 Å². The van der Waals surface area contributed by atoms with Gasteiger partial charge in [-0.15, -0.1) is 0 Å². The van der Waals surface area contributed by atoms with Gasteiger partial charge in [-0.3, -0.25) is 4.99 Å². The van der Waals surface area contributed by atoms with E-state index in [1.54, 1.807) is 6.07 Å². The lowest BCUT2D eigenvalue weighted by atomic mass is 9.79. The quantitative estimate of drug-likeness (QED) is 0.546. The molecule has 0 N–H and O–H groups in total. The Hall–Kier alpha value is -0.830. The van der Waals surface area contributed by atoms with Gasteiger partial charge < -0.3 is 0 Å². The van der Waals surface area contributed by atoms with Gasteiger partial charge in [0.15, 0.2) is 0 Å². The molecule has 114 valence electrons. The first kappa shape index (κ1) is 16.0. The lowest BCUT2D eigenvalue weighted by molar-refractivity contribution is 0.558. The van der Waals surface area contributed by atoms with Gasteiger partial charge in [0.2, 0.25) is 0 Å². The van der Waals surface area contributed by atoms with E-state index in [1.165, 1.54) is 11.1 Å². The zero-order chi connectivity index (χ0) is 15.9. The molecule has 2 atom stereocenters. The Balaban J connectivity index is 1.90. The standard InChI is InChI=1S/C18H16BrCl2N/c1-11-5-12(3-4-16(11)19)17-9-18(2,10-22-17)13-6-14(20)8-15(21)7-13/h3-8,10,17H,9H2,1-2H3. The maximum absolute atomic E-state index is 6.15. The van der Waals surface area contributed by atoms with Crippen LogP contribution in [0.4, 0.5) is 0 Å². The lowest BCUT2D eigenvalue weighted by Crippen LogP contribution is -2.21. The van der Waals surface area contributed by atoms with Gasteiger partial charge in [0.05, 0.1) is 6.04 Å². The van der Waals surface area contributed by atoms with Gasteiger partial charge in [-0.2, -0.15) is 0 Å². The van der Waals surface area contributed by atoms with E-state index in [0.29, 0.717) is 10.0 Å². The van der Waals surface area contributed by atoms with Gasteiger partial charge in [-0.25, -0.2) is 0 Å². The third-order valence-electron chi connectivity index (χ3n) is 4.25. The van der Waals surface area contributed by atoms with Crippen molar-refractivity contribution in [3.05, 3.63) is 67.6 Å². The molecule has 1 nitrogen and oxygen atoms in total. The predicted octanol–water partition coefficient (Wildman–Crippen LogP) is 6.54. The van der Waals surface area contributed by atoms with Gasteiger partial charge in [0.25, 0.3) is 0 Å². The summed E-state index contributed by atoms with van der Waals surface area (Å²) in [5, 5.41) is 1.33. The molecule has 0 aromatic heterocycles. The normalized spacial score (nSPS) is 24.0. The Morgan fingerprint density at radius 1 is 1.14 bits per heavy atom. The molecule has 0 bridgehead atoms. The first-order valence-electron chi connectivity index (χ1n) is 7.14. The van der Waals surface area contributed by atoms with Crippen molar-refractivity contribution < 1.29 is 0 Å². The maximum atomic E-state index is 6.15. The van der Waals surface area contributed by atoms with Crippen molar-refractivity contribution in [2.24, 2.45) is 4.99 Å². The average Bonchev–Trinajstić information content (AvgIpc) is 2.85. The first-order chi connectivity index (χ1) is 10.4. The van der Waals surface area contributed by atoms with Crippen LogP contribution in [0.25, 0.3) is 0 Å². The van der Waals surface area contributed by atoms with E-state index < -0.39 is 0 Å². The van der Waals surface area contributed by atoms with Crippen LogP contribution >= 0.6 is 39.1 Å². The van der Waals surface area contributed by atoms with Gasteiger partial charge in [-0.05, 0) is 54.3 Å². The Bertz CT molecular complexity index is 736. The molecule has 4 heteroatoms. The van der Waals surface area contributed by atoms with Crippen molar-refractivity contribution in [3.8, 4) is 0 Å². The number of aryl methyl sites for hydroxylation is 1. The highest BCUT2D eigenvalue weighted by Gasteiger charge is 2.34. The van der Waals surface area contributed by atoms with Crippen LogP contribution in [-0.2, 0) is 5.41 Å². The monoisotopic (exact) mass is 395 g/mol. The summed E-state index contributed by atoms with van der Waals surface area (Å²) in [4.78, 5) is 4.74. The van der Waals surface area contributed by atoms with Crippen LogP contribution in [0, 0.1) is 6.92 Å². The van der Waals surface area contributed by atoms with E-state index in [2.05, 4.69) is 48.0 Å². The fraction of sp³-hybridized carbons (Fsp3) is 0.278. The van der Waals surface area contributed by atoms with Crippen molar-refractivity contribution in [2.75, 3.05) is 0 Å². The second kappa shape index (κ2) is 5.99. The number of nitrogens with zero attached hydrogens (tertiary/aromatic N) is 1. The molecule has 0 spiro atoms. The van der Waals surface area contributed by atoms with E-state index in [9.17, 15) is 0 Å². The van der Waals surface area contributed by atoms with Gasteiger partial charge in [0, 0.05) is 26.1 Å². The number of aliphatic imine (C=N–C) groups is 1. The summed E-state index contributed by atoms with van der Waals surface area (Å²) < 4.78 is 1.13. The van der Waals surface area contributed by atoms with Gasteiger partial charge in [-0.1, -0.05) is 58.2 Å². The molecule has 1 heterocycles. The largest absolute Gasteiger partial charge is 0.288 e. The van der Waals surface area contributed by atoms with E-state index >= 15 is 0 Å². The van der Waals surface area contributed by atoms with Crippen molar-refractivity contribution in [1.82, 2.24) is 0 Å². The second-order valence-corrected chi connectivity index (χ2v) is 7.81.